The topological polar surface area (TPSA) is 58.2 Å². The molecule has 0 saturated carbocycles. The molecule has 1 unspecified atom stereocenters. The van der Waals surface area contributed by atoms with Crippen molar-refractivity contribution in [3.63, 3.8) is 0 Å². The molecule has 0 heterocycles. The zero-order valence-corrected chi connectivity index (χ0v) is 21.4. The first-order valence-electron chi connectivity index (χ1n) is 10.5. The molecule has 0 saturated heterocycles. The van der Waals surface area contributed by atoms with Gasteiger partial charge in [0.25, 0.3) is 5.91 Å². The van der Waals surface area contributed by atoms with E-state index in [1.165, 1.54) is 5.32 Å². The third kappa shape index (κ3) is 9.80. The van der Waals surface area contributed by atoms with Crippen LogP contribution in [0.4, 0.5) is 39.5 Å². The number of alkyl halides is 9. The monoisotopic (exact) mass is 628 g/mol. The number of carbonyl (C=O) groups excluding carboxylic acids is 2. The summed E-state index contributed by atoms with van der Waals surface area (Å²) < 4.78 is 118. The fraction of sp³-hybridized carbons (Fsp3) is 0.304. The molecule has 214 valence electrons. The summed E-state index contributed by atoms with van der Waals surface area (Å²) in [5, 5.41) is 2.79. The highest BCUT2D eigenvalue weighted by Crippen LogP contribution is 2.41. The minimum Gasteiger partial charge on any atom is -0.352 e. The van der Waals surface area contributed by atoms with Crippen LogP contribution in [0.15, 0.2) is 36.4 Å². The number of hydrogen-bond acceptors (Lipinski definition) is 2. The molecular weight excluding hydrogens is 614 g/mol. The normalized spacial score (nSPS) is 13.4. The van der Waals surface area contributed by atoms with Crippen molar-refractivity contribution in [3.8, 4) is 0 Å². The van der Waals surface area contributed by atoms with E-state index in [-0.39, 0.29) is 20.6 Å². The second kappa shape index (κ2) is 12.7. The highest BCUT2D eigenvalue weighted by atomic mass is 35.5. The Balaban J connectivity index is 2.27. The summed E-state index contributed by atoms with van der Waals surface area (Å²) >= 11 is 17.4. The molecule has 0 aliphatic rings. The van der Waals surface area contributed by atoms with Crippen LogP contribution in [-0.4, -0.2) is 37.3 Å². The summed E-state index contributed by atoms with van der Waals surface area (Å²) in [5.41, 5.74) is -3.18. The molecule has 0 radical (unpaired) electrons. The van der Waals surface area contributed by atoms with Crippen LogP contribution in [-0.2, 0) is 11.0 Å². The number of benzene rings is 2. The zero-order chi connectivity index (χ0) is 29.8. The number of nitrogens with one attached hydrogen (secondary N) is 2. The summed E-state index contributed by atoms with van der Waals surface area (Å²) in [4.78, 5) is 23.7. The summed E-state index contributed by atoms with van der Waals surface area (Å²) in [6.45, 7) is -2.21. The Bertz CT molecular complexity index is 1220. The fourth-order valence-corrected chi connectivity index (χ4v) is 3.75. The maximum Gasteiger partial charge on any atom is 0.417 e. The lowest BCUT2D eigenvalue weighted by Gasteiger charge is -2.19. The van der Waals surface area contributed by atoms with Gasteiger partial charge in [-0.1, -0.05) is 53.0 Å². The third-order valence-electron chi connectivity index (χ3n) is 4.92. The molecule has 39 heavy (non-hydrogen) atoms. The van der Waals surface area contributed by atoms with Gasteiger partial charge in [0.05, 0.1) is 32.1 Å². The number of hydrogen-bond donors (Lipinski definition) is 2. The highest BCUT2D eigenvalue weighted by molar-refractivity contribution is 6.48. The molecule has 2 aromatic rings. The maximum atomic E-state index is 13.7. The molecule has 0 fully saturated rings. The minimum absolute atomic E-state index is 0.183. The van der Waals surface area contributed by atoms with E-state index in [2.05, 4.69) is 0 Å². The van der Waals surface area contributed by atoms with E-state index in [1.807, 2.05) is 5.32 Å². The Morgan fingerprint density at radius 3 is 1.97 bits per heavy atom. The number of allylic oxidation sites excluding steroid dienone is 1. The molecule has 2 rings (SSSR count). The molecule has 2 aromatic carbocycles. The van der Waals surface area contributed by atoms with Crippen molar-refractivity contribution in [1.29, 1.82) is 0 Å². The molecule has 0 aliphatic carbocycles. The minimum atomic E-state index is -5.11. The van der Waals surface area contributed by atoms with Crippen LogP contribution in [0.25, 0.3) is 6.08 Å². The van der Waals surface area contributed by atoms with Crippen molar-refractivity contribution in [2.75, 3.05) is 13.1 Å². The van der Waals surface area contributed by atoms with Crippen LogP contribution < -0.4 is 10.6 Å². The predicted molar refractivity (Wildman–Crippen MR) is 127 cm³/mol. The average Bonchev–Trinajstić information content (AvgIpc) is 2.79. The summed E-state index contributed by atoms with van der Waals surface area (Å²) in [7, 11) is 0. The van der Waals surface area contributed by atoms with Crippen LogP contribution in [0, 0.1) is 0 Å². The number of carbonyl (C=O) groups is 2. The van der Waals surface area contributed by atoms with Crippen molar-refractivity contribution in [3.05, 3.63) is 73.7 Å². The summed E-state index contributed by atoms with van der Waals surface area (Å²) in [6, 6.07) is 3.93. The van der Waals surface area contributed by atoms with E-state index in [0.717, 1.165) is 24.3 Å². The molecular formula is C23H16Cl3F9N2O2. The van der Waals surface area contributed by atoms with Gasteiger partial charge in [-0.05, 0) is 35.4 Å². The van der Waals surface area contributed by atoms with E-state index in [1.54, 1.807) is 0 Å². The molecule has 1 atom stereocenters. The molecule has 0 bridgehead atoms. The van der Waals surface area contributed by atoms with Crippen molar-refractivity contribution < 1.29 is 49.1 Å². The van der Waals surface area contributed by atoms with Crippen LogP contribution in [0.1, 0.15) is 39.4 Å². The summed E-state index contributed by atoms with van der Waals surface area (Å²) in [6.07, 6.45) is -14.0. The van der Waals surface area contributed by atoms with E-state index >= 15 is 0 Å². The summed E-state index contributed by atoms with van der Waals surface area (Å²) in [5.74, 6) is -4.74. The van der Waals surface area contributed by atoms with Crippen LogP contribution in [0.3, 0.4) is 0 Å². The van der Waals surface area contributed by atoms with E-state index in [4.69, 9.17) is 34.8 Å². The Hall–Kier alpha value is -2.64. The predicted octanol–water partition coefficient (Wildman–Crippen LogP) is 7.82. The lowest BCUT2D eigenvalue weighted by molar-refractivity contribution is -0.139. The van der Waals surface area contributed by atoms with E-state index < -0.39 is 72.5 Å². The Kier molecular flexibility index (Phi) is 10.6. The quantitative estimate of drug-likeness (QED) is 0.231. The highest BCUT2D eigenvalue weighted by Gasteiger charge is 2.40. The lowest BCUT2D eigenvalue weighted by atomic mass is 9.96. The molecule has 0 spiro atoms. The molecule has 0 aliphatic heterocycles. The third-order valence-corrected chi connectivity index (χ3v) is 6.11. The van der Waals surface area contributed by atoms with Gasteiger partial charge in [-0.2, -0.15) is 39.5 Å². The standard InChI is InChI=1S/C23H16Cl3F9N2O2/c24-16-8-12(9-17(25)19(16)26)14(22(30,31)32)4-2-11-1-3-13(15(7-11)23(33,34)35)20(39)36-6-5-18(38)37-10-21(27,28)29/h1-4,7-9,14H,5-6,10H2,(H,36,39)(H,37,38). The number of amides is 2. The van der Waals surface area contributed by atoms with Gasteiger partial charge in [0, 0.05) is 13.0 Å². The molecule has 0 aromatic heterocycles. The van der Waals surface area contributed by atoms with Gasteiger partial charge in [-0.3, -0.25) is 9.59 Å². The first-order valence-corrected chi connectivity index (χ1v) is 11.6. The smallest absolute Gasteiger partial charge is 0.352 e. The van der Waals surface area contributed by atoms with Gasteiger partial charge in [0.2, 0.25) is 5.91 Å². The van der Waals surface area contributed by atoms with Crippen molar-refractivity contribution in [2.24, 2.45) is 0 Å². The molecule has 2 amide bonds. The molecule has 2 N–H and O–H groups in total. The van der Waals surface area contributed by atoms with Gasteiger partial charge in [0.15, 0.2) is 0 Å². The molecule has 16 heteroatoms. The second-order valence-electron chi connectivity index (χ2n) is 7.88. The Morgan fingerprint density at radius 2 is 1.46 bits per heavy atom. The van der Waals surface area contributed by atoms with Crippen molar-refractivity contribution in [1.82, 2.24) is 10.6 Å². The first kappa shape index (κ1) is 32.6. The van der Waals surface area contributed by atoms with Crippen LogP contribution in [0.2, 0.25) is 15.1 Å². The van der Waals surface area contributed by atoms with Gasteiger partial charge in [-0.25, -0.2) is 0 Å². The first-order chi connectivity index (χ1) is 17.8. The van der Waals surface area contributed by atoms with Gasteiger partial charge >= 0.3 is 18.5 Å². The SMILES string of the molecule is O=C(CCNC(=O)c1ccc(C=CC(c2cc(Cl)c(Cl)c(Cl)c2)C(F)(F)F)cc1C(F)(F)F)NCC(F)(F)F. The Labute approximate surface area is 230 Å². The lowest BCUT2D eigenvalue weighted by Crippen LogP contribution is -2.36. The van der Waals surface area contributed by atoms with Crippen molar-refractivity contribution in [2.45, 2.75) is 30.9 Å². The zero-order valence-electron chi connectivity index (χ0n) is 19.1. The van der Waals surface area contributed by atoms with Crippen molar-refractivity contribution >= 4 is 52.7 Å². The largest absolute Gasteiger partial charge is 0.417 e. The van der Waals surface area contributed by atoms with Gasteiger partial charge < -0.3 is 10.6 Å². The van der Waals surface area contributed by atoms with E-state index in [9.17, 15) is 49.1 Å². The van der Waals surface area contributed by atoms with Crippen LogP contribution in [0.5, 0.6) is 0 Å². The average molecular weight is 630 g/mol. The van der Waals surface area contributed by atoms with E-state index in [0.29, 0.717) is 18.2 Å². The molecule has 4 nitrogen and oxygen atoms in total. The van der Waals surface area contributed by atoms with Crippen LogP contribution >= 0.6 is 34.8 Å². The number of rotatable bonds is 8. The van der Waals surface area contributed by atoms with Gasteiger partial charge in [0.1, 0.15) is 6.54 Å². The fourth-order valence-electron chi connectivity index (χ4n) is 3.14. The maximum absolute atomic E-state index is 13.7. The number of halogens is 12. The van der Waals surface area contributed by atoms with Gasteiger partial charge in [-0.15, -0.1) is 0 Å². The second-order valence-corrected chi connectivity index (χ2v) is 9.07. The Morgan fingerprint density at radius 1 is 0.872 bits per heavy atom.